The maximum Gasteiger partial charge on any atom is 0.341 e. The molecular weight excluding hydrogens is 424 g/mol. The van der Waals surface area contributed by atoms with Gasteiger partial charge in [-0.1, -0.05) is 0 Å². The zero-order valence-corrected chi connectivity index (χ0v) is 20.2. The highest BCUT2D eigenvalue weighted by atomic mass is 16.5. The molecule has 1 fully saturated rings. The molecular formula is C24H34N4O5. The number of fused-ring (bicyclic) bond motifs is 1. The molecule has 0 atom stereocenters. The smallest absolute Gasteiger partial charge is 0.341 e. The first-order valence-electron chi connectivity index (χ1n) is 11.4. The number of benzene rings is 1. The van der Waals surface area contributed by atoms with Crippen LogP contribution in [0.2, 0.25) is 0 Å². The lowest BCUT2D eigenvalue weighted by molar-refractivity contribution is -0.132. The summed E-state index contributed by atoms with van der Waals surface area (Å²) in [5.74, 6) is 0.928. The van der Waals surface area contributed by atoms with Crippen LogP contribution < -0.4 is 14.4 Å². The Kier molecular flexibility index (Phi) is 8.32. The number of hydrogen-bond donors (Lipinski definition) is 0. The van der Waals surface area contributed by atoms with E-state index in [4.69, 9.17) is 14.2 Å². The SMILES string of the molecule is CCOC(=O)c1cnc2c(OC)ccc(OC)c2c1N1CCN(CC(=O)N(CC)CC)CC1. The number of rotatable bonds is 9. The average molecular weight is 459 g/mol. The lowest BCUT2D eigenvalue weighted by Crippen LogP contribution is -2.50. The van der Waals surface area contributed by atoms with Gasteiger partial charge in [-0.25, -0.2) is 4.79 Å². The monoisotopic (exact) mass is 458 g/mol. The molecule has 1 aromatic carbocycles. The number of aromatic nitrogens is 1. The molecule has 0 unspecified atom stereocenters. The Bertz CT molecular complexity index is 984. The first-order valence-corrected chi connectivity index (χ1v) is 11.4. The maximum absolute atomic E-state index is 12.8. The van der Waals surface area contributed by atoms with E-state index in [2.05, 4.69) is 14.8 Å². The number of hydrogen-bond acceptors (Lipinski definition) is 8. The summed E-state index contributed by atoms with van der Waals surface area (Å²) in [5, 5.41) is 0.718. The van der Waals surface area contributed by atoms with Crippen LogP contribution in [-0.2, 0) is 9.53 Å². The molecule has 2 aromatic rings. The number of amides is 1. The van der Waals surface area contributed by atoms with Gasteiger partial charge in [-0.05, 0) is 32.9 Å². The van der Waals surface area contributed by atoms with Crippen LogP contribution in [0.15, 0.2) is 18.3 Å². The van der Waals surface area contributed by atoms with Crippen LogP contribution in [0.25, 0.3) is 10.9 Å². The standard InChI is InChI=1S/C24H34N4O5/c1-6-27(7-2)20(29)16-26-11-13-28(14-12-26)23-17(24(30)33-8-3)15-25-22-19(32-5)10-9-18(31-4)21(22)23/h9-10,15H,6-8,11-14,16H2,1-5H3. The van der Waals surface area contributed by atoms with Crippen LogP contribution in [-0.4, -0.2) is 93.3 Å². The van der Waals surface area contributed by atoms with Crippen molar-refractivity contribution in [3.05, 3.63) is 23.9 Å². The van der Waals surface area contributed by atoms with Gasteiger partial charge in [0, 0.05) is 45.5 Å². The number of methoxy groups -OCH3 is 2. The quantitative estimate of drug-likeness (QED) is 0.530. The van der Waals surface area contributed by atoms with Crippen LogP contribution in [0.3, 0.4) is 0 Å². The lowest BCUT2D eigenvalue weighted by Gasteiger charge is -2.37. The molecule has 1 amide bonds. The predicted octanol–water partition coefficient (Wildman–Crippen LogP) is 2.42. The molecule has 9 heteroatoms. The maximum atomic E-state index is 12.8. The number of piperazine rings is 1. The Balaban J connectivity index is 1.97. The summed E-state index contributed by atoms with van der Waals surface area (Å²) < 4.78 is 16.5. The van der Waals surface area contributed by atoms with Gasteiger partial charge in [0.15, 0.2) is 0 Å². The van der Waals surface area contributed by atoms with E-state index in [1.807, 2.05) is 24.8 Å². The van der Waals surface area contributed by atoms with Gasteiger partial charge in [-0.3, -0.25) is 14.7 Å². The zero-order valence-electron chi connectivity index (χ0n) is 20.2. The largest absolute Gasteiger partial charge is 0.496 e. The molecule has 2 heterocycles. The van der Waals surface area contributed by atoms with Crippen molar-refractivity contribution in [2.45, 2.75) is 20.8 Å². The van der Waals surface area contributed by atoms with Crippen molar-refractivity contribution in [3.8, 4) is 11.5 Å². The molecule has 0 bridgehead atoms. The van der Waals surface area contributed by atoms with Crippen molar-refractivity contribution in [2.24, 2.45) is 0 Å². The Labute approximate surface area is 195 Å². The van der Waals surface area contributed by atoms with E-state index in [0.717, 1.165) is 11.1 Å². The summed E-state index contributed by atoms with van der Waals surface area (Å²) in [4.78, 5) is 36.0. The minimum Gasteiger partial charge on any atom is -0.496 e. The van der Waals surface area contributed by atoms with Crippen molar-refractivity contribution in [2.75, 3.05) is 71.5 Å². The third-order valence-electron chi connectivity index (χ3n) is 6.02. The van der Waals surface area contributed by atoms with E-state index in [9.17, 15) is 9.59 Å². The summed E-state index contributed by atoms with van der Waals surface area (Å²) in [6.45, 7) is 10.6. The Morgan fingerprint density at radius 2 is 1.64 bits per heavy atom. The highest BCUT2D eigenvalue weighted by Crippen LogP contribution is 2.40. The molecule has 180 valence electrons. The fourth-order valence-corrected chi connectivity index (χ4v) is 4.25. The van der Waals surface area contributed by atoms with Gasteiger partial charge >= 0.3 is 5.97 Å². The van der Waals surface area contributed by atoms with Crippen LogP contribution in [0, 0.1) is 0 Å². The molecule has 0 aliphatic carbocycles. The molecule has 1 aliphatic rings. The minimum atomic E-state index is -0.425. The summed E-state index contributed by atoms with van der Waals surface area (Å²) in [7, 11) is 3.19. The molecule has 0 radical (unpaired) electrons. The number of likely N-dealkylation sites (N-methyl/N-ethyl adjacent to an activating group) is 1. The lowest BCUT2D eigenvalue weighted by atomic mass is 10.1. The fraction of sp³-hybridized carbons (Fsp3) is 0.542. The summed E-state index contributed by atoms with van der Waals surface area (Å²) in [6, 6.07) is 3.62. The number of pyridine rings is 1. The summed E-state index contributed by atoms with van der Waals surface area (Å²) >= 11 is 0. The van der Waals surface area contributed by atoms with E-state index in [1.54, 1.807) is 33.4 Å². The van der Waals surface area contributed by atoms with Gasteiger partial charge < -0.3 is 24.0 Å². The first-order chi connectivity index (χ1) is 16.0. The van der Waals surface area contributed by atoms with Gasteiger partial charge in [0.25, 0.3) is 0 Å². The van der Waals surface area contributed by atoms with Gasteiger partial charge in [-0.2, -0.15) is 0 Å². The highest BCUT2D eigenvalue weighted by molar-refractivity contribution is 6.09. The van der Waals surface area contributed by atoms with Gasteiger partial charge in [0.05, 0.1) is 38.4 Å². The van der Waals surface area contributed by atoms with Crippen molar-refractivity contribution >= 4 is 28.5 Å². The number of carbonyl (C=O) groups excluding carboxylic acids is 2. The van der Waals surface area contributed by atoms with Crippen LogP contribution in [0.4, 0.5) is 5.69 Å². The van der Waals surface area contributed by atoms with Gasteiger partial charge in [-0.15, -0.1) is 0 Å². The second-order valence-electron chi connectivity index (χ2n) is 7.76. The molecule has 0 saturated carbocycles. The number of carbonyl (C=O) groups is 2. The van der Waals surface area contributed by atoms with E-state index in [1.165, 1.54) is 0 Å². The Morgan fingerprint density at radius 1 is 1.00 bits per heavy atom. The van der Waals surface area contributed by atoms with Crippen molar-refractivity contribution in [1.82, 2.24) is 14.8 Å². The highest BCUT2D eigenvalue weighted by Gasteiger charge is 2.28. The van der Waals surface area contributed by atoms with E-state index >= 15 is 0 Å². The number of esters is 1. The number of anilines is 1. The third kappa shape index (κ3) is 5.13. The second-order valence-corrected chi connectivity index (χ2v) is 7.76. The molecule has 0 spiro atoms. The predicted molar refractivity (Wildman–Crippen MR) is 127 cm³/mol. The fourth-order valence-electron chi connectivity index (χ4n) is 4.25. The topological polar surface area (TPSA) is 84.4 Å². The molecule has 33 heavy (non-hydrogen) atoms. The van der Waals surface area contributed by atoms with Crippen molar-refractivity contribution in [1.29, 1.82) is 0 Å². The van der Waals surface area contributed by atoms with Gasteiger partial charge in [0.1, 0.15) is 22.6 Å². The number of nitrogens with zero attached hydrogens (tertiary/aromatic N) is 4. The molecule has 1 aromatic heterocycles. The molecule has 9 nitrogen and oxygen atoms in total. The van der Waals surface area contributed by atoms with Crippen molar-refractivity contribution < 1.29 is 23.8 Å². The molecule has 0 N–H and O–H groups in total. The van der Waals surface area contributed by atoms with Crippen LogP contribution >= 0.6 is 0 Å². The number of ether oxygens (including phenoxy) is 3. The Morgan fingerprint density at radius 3 is 2.21 bits per heavy atom. The average Bonchev–Trinajstić information content (AvgIpc) is 2.84. The Hall–Kier alpha value is -3.07. The van der Waals surface area contributed by atoms with E-state index in [-0.39, 0.29) is 12.5 Å². The minimum absolute atomic E-state index is 0.140. The molecule has 3 rings (SSSR count). The summed E-state index contributed by atoms with van der Waals surface area (Å²) in [5.41, 5.74) is 1.74. The van der Waals surface area contributed by atoms with E-state index in [0.29, 0.717) is 68.4 Å². The van der Waals surface area contributed by atoms with E-state index < -0.39 is 5.97 Å². The molecule has 1 aliphatic heterocycles. The zero-order chi connectivity index (χ0) is 24.0. The van der Waals surface area contributed by atoms with Crippen molar-refractivity contribution in [3.63, 3.8) is 0 Å². The first kappa shape index (κ1) is 24.6. The van der Waals surface area contributed by atoms with Gasteiger partial charge in [0.2, 0.25) is 5.91 Å². The molecule has 1 saturated heterocycles. The van der Waals surface area contributed by atoms with Crippen LogP contribution in [0.5, 0.6) is 11.5 Å². The normalized spacial score (nSPS) is 14.3. The summed E-state index contributed by atoms with van der Waals surface area (Å²) in [6.07, 6.45) is 1.55. The van der Waals surface area contributed by atoms with Crippen LogP contribution in [0.1, 0.15) is 31.1 Å². The third-order valence-corrected chi connectivity index (χ3v) is 6.02. The second kappa shape index (κ2) is 11.2.